The molecule has 4 rings (SSSR count). The number of aromatic nitrogens is 1. The van der Waals surface area contributed by atoms with Crippen molar-refractivity contribution < 1.29 is 20.4 Å². The number of nitriles is 1. The van der Waals surface area contributed by atoms with Crippen molar-refractivity contribution >= 4 is 10.9 Å². The van der Waals surface area contributed by atoms with Crippen LogP contribution in [0.4, 0.5) is 0 Å². The lowest BCUT2D eigenvalue weighted by Crippen LogP contribution is -1.88. The third-order valence-electron chi connectivity index (χ3n) is 4.56. The highest BCUT2D eigenvalue weighted by Crippen LogP contribution is 2.36. The van der Waals surface area contributed by atoms with Gasteiger partial charge in [-0.15, -0.1) is 0 Å². The smallest absolute Gasteiger partial charge is 0.233 e. The Morgan fingerprint density at radius 2 is 1.43 bits per heavy atom. The number of hydrogen-bond donors (Lipinski definition) is 4. The molecule has 136 valence electrons. The molecule has 0 aliphatic heterocycles. The third kappa shape index (κ3) is 2.81. The fourth-order valence-electron chi connectivity index (χ4n) is 3.12. The van der Waals surface area contributed by atoms with Crippen molar-refractivity contribution in [2.24, 2.45) is 0 Å². The van der Waals surface area contributed by atoms with E-state index < -0.39 is 5.88 Å². The summed E-state index contributed by atoms with van der Waals surface area (Å²) in [5.74, 6) is -0.834. The molecule has 0 unspecified atom stereocenters. The Morgan fingerprint density at radius 3 is 2.11 bits per heavy atom. The molecular formula is C22H14N2O4. The van der Waals surface area contributed by atoms with Gasteiger partial charge in [-0.1, -0.05) is 30.3 Å². The van der Waals surface area contributed by atoms with Gasteiger partial charge in [-0.05, 0) is 41.0 Å². The number of aromatic hydroxyl groups is 4. The second kappa shape index (κ2) is 6.49. The summed E-state index contributed by atoms with van der Waals surface area (Å²) >= 11 is 0. The van der Waals surface area contributed by atoms with Gasteiger partial charge in [0, 0.05) is 17.0 Å². The molecule has 6 nitrogen and oxygen atoms in total. The van der Waals surface area contributed by atoms with Crippen molar-refractivity contribution in [2.75, 3.05) is 0 Å². The molecule has 0 aliphatic carbocycles. The minimum Gasteiger partial charge on any atom is -0.508 e. The summed E-state index contributed by atoms with van der Waals surface area (Å²) in [6, 6.07) is 18.7. The first-order chi connectivity index (χ1) is 13.5. The Kier molecular flexibility index (Phi) is 3.98. The highest BCUT2D eigenvalue weighted by atomic mass is 16.3. The summed E-state index contributed by atoms with van der Waals surface area (Å²) < 4.78 is 0. The highest BCUT2D eigenvalue weighted by Gasteiger charge is 2.14. The summed E-state index contributed by atoms with van der Waals surface area (Å²) in [6.07, 6.45) is 0. The largest absolute Gasteiger partial charge is 0.508 e. The number of rotatable bonds is 2. The van der Waals surface area contributed by atoms with Crippen LogP contribution in [-0.2, 0) is 0 Å². The van der Waals surface area contributed by atoms with Gasteiger partial charge in [0.1, 0.15) is 23.3 Å². The number of hydrogen-bond acceptors (Lipinski definition) is 6. The van der Waals surface area contributed by atoms with E-state index in [0.717, 1.165) is 16.7 Å². The van der Waals surface area contributed by atoms with E-state index in [2.05, 4.69) is 4.98 Å². The number of phenols is 2. The van der Waals surface area contributed by atoms with Crippen LogP contribution in [0.3, 0.4) is 0 Å². The summed E-state index contributed by atoms with van der Waals surface area (Å²) in [5.41, 5.74) is 3.14. The second-order valence-electron chi connectivity index (χ2n) is 6.28. The molecule has 4 N–H and O–H groups in total. The third-order valence-corrected chi connectivity index (χ3v) is 4.56. The Morgan fingerprint density at radius 1 is 0.750 bits per heavy atom. The molecule has 0 saturated carbocycles. The lowest BCUT2D eigenvalue weighted by Gasteiger charge is -2.09. The number of fused-ring (bicyclic) bond motifs is 1. The monoisotopic (exact) mass is 370 g/mol. The summed E-state index contributed by atoms with van der Waals surface area (Å²) in [6.45, 7) is 0. The molecule has 0 saturated heterocycles. The van der Waals surface area contributed by atoms with Crippen LogP contribution >= 0.6 is 0 Å². The van der Waals surface area contributed by atoms with Gasteiger partial charge in [-0.2, -0.15) is 5.26 Å². The number of nitrogens with zero attached hydrogens (tertiary/aromatic N) is 2. The van der Waals surface area contributed by atoms with Gasteiger partial charge < -0.3 is 20.4 Å². The van der Waals surface area contributed by atoms with E-state index in [0.29, 0.717) is 16.5 Å². The van der Waals surface area contributed by atoms with Crippen LogP contribution in [0.15, 0.2) is 60.7 Å². The zero-order chi connectivity index (χ0) is 19.8. The molecule has 0 radical (unpaired) electrons. The molecule has 0 aliphatic rings. The van der Waals surface area contributed by atoms with E-state index in [1.54, 1.807) is 30.3 Å². The maximum atomic E-state index is 10.3. The van der Waals surface area contributed by atoms with E-state index in [-0.39, 0.29) is 22.8 Å². The molecule has 0 atom stereocenters. The molecule has 28 heavy (non-hydrogen) atoms. The zero-order valence-electron chi connectivity index (χ0n) is 14.5. The molecule has 0 bridgehead atoms. The van der Waals surface area contributed by atoms with Gasteiger partial charge in [0.15, 0.2) is 5.56 Å². The maximum Gasteiger partial charge on any atom is 0.233 e. The van der Waals surface area contributed by atoms with E-state index in [1.807, 2.05) is 24.3 Å². The molecule has 0 spiro atoms. The Labute approximate surface area is 159 Å². The van der Waals surface area contributed by atoms with Crippen LogP contribution in [-0.4, -0.2) is 25.4 Å². The fourth-order valence-corrected chi connectivity index (χ4v) is 3.12. The van der Waals surface area contributed by atoms with Crippen LogP contribution in [0.5, 0.6) is 23.1 Å². The number of pyridine rings is 1. The average molecular weight is 370 g/mol. The highest BCUT2D eigenvalue weighted by molar-refractivity contribution is 5.92. The lowest BCUT2D eigenvalue weighted by molar-refractivity contribution is 0.437. The minimum absolute atomic E-state index is 0.00905. The van der Waals surface area contributed by atoms with Gasteiger partial charge in [-0.3, -0.25) is 0 Å². The molecule has 1 aromatic heterocycles. The van der Waals surface area contributed by atoms with Gasteiger partial charge in [0.05, 0.1) is 5.52 Å². The van der Waals surface area contributed by atoms with Gasteiger partial charge in [0.2, 0.25) is 5.88 Å². The van der Waals surface area contributed by atoms with Crippen LogP contribution in [0, 0.1) is 11.3 Å². The van der Waals surface area contributed by atoms with E-state index in [4.69, 9.17) is 5.26 Å². The minimum atomic E-state index is -0.502. The van der Waals surface area contributed by atoms with Gasteiger partial charge in [0.25, 0.3) is 0 Å². The zero-order valence-corrected chi connectivity index (χ0v) is 14.5. The topological polar surface area (TPSA) is 118 Å². The van der Waals surface area contributed by atoms with E-state index in [9.17, 15) is 20.4 Å². The van der Waals surface area contributed by atoms with Crippen LogP contribution in [0.1, 0.15) is 5.56 Å². The van der Waals surface area contributed by atoms with Gasteiger partial charge >= 0.3 is 0 Å². The number of phenolic OH excluding ortho intramolecular Hbond substituents is 2. The molecule has 0 fully saturated rings. The average Bonchev–Trinajstić information content (AvgIpc) is 2.68. The standard InChI is InChI=1S/C22H14N2O4/c23-11-18-21(27)17-9-14(5-8-19(17)24-22(18)28)12-1-3-13(4-2-12)16-7-6-15(25)10-20(16)26/h1-10,25-26H,(H2,24,27,28). The predicted molar refractivity (Wildman–Crippen MR) is 104 cm³/mol. The van der Waals surface area contributed by atoms with Crippen molar-refractivity contribution in [3.63, 3.8) is 0 Å². The Balaban J connectivity index is 1.77. The molecule has 1 heterocycles. The van der Waals surface area contributed by atoms with E-state index >= 15 is 0 Å². The first-order valence-electron chi connectivity index (χ1n) is 8.36. The maximum absolute atomic E-state index is 10.3. The Hall–Kier alpha value is -4.24. The van der Waals surface area contributed by atoms with Crippen LogP contribution < -0.4 is 0 Å². The van der Waals surface area contributed by atoms with Crippen molar-refractivity contribution in [1.82, 2.24) is 4.98 Å². The molecule has 3 aromatic carbocycles. The van der Waals surface area contributed by atoms with E-state index in [1.165, 1.54) is 12.1 Å². The first kappa shape index (κ1) is 17.2. The summed E-state index contributed by atoms with van der Waals surface area (Å²) in [7, 11) is 0. The van der Waals surface area contributed by atoms with Crippen molar-refractivity contribution in [1.29, 1.82) is 5.26 Å². The van der Waals surface area contributed by atoms with Crippen LogP contribution in [0.25, 0.3) is 33.2 Å². The SMILES string of the molecule is N#Cc1c(O)nc2ccc(-c3ccc(-c4ccc(O)cc4O)cc3)cc2c1O. The second-order valence-corrected chi connectivity index (χ2v) is 6.28. The molecule has 4 aromatic rings. The Bertz CT molecular complexity index is 1260. The lowest BCUT2D eigenvalue weighted by atomic mass is 9.98. The van der Waals surface area contributed by atoms with Crippen LogP contribution in [0.2, 0.25) is 0 Å². The molecule has 0 amide bonds. The van der Waals surface area contributed by atoms with Crippen molar-refractivity contribution in [2.45, 2.75) is 0 Å². The quantitative estimate of drug-likeness (QED) is 0.419. The molecular weight excluding hydrogens is 356 g/mol. The van der Waals surface area contributed by atoms with Gasteiger partial charge in [-0.25, -0.2) is 4.98 Å². The summed E-state index contributed by atoms with van der Waals surface area (Å²) in [4.78, 5) is 3.94. The van der Waals surface area contributed by atoms with Crippen molar-refractivity contribution in [3.05, 3.63) is 66.2 Å². The first-order valence-corrected chi connectivity index (χ1v) is 8.36. The summed E-state index contributed by atoms with van der Waals surface area (Å²) in [5, 5.41) is 48.9. The fraction of sp³-hybridized carbons (Fsp3) is 0. The number of benzene rings is 3. The van der Waals surface area contributed by atoms with Crippen molar-refractivity contribution in [3.8, 4) is 51.5 Å². The predicted octanol–water partition coefficient (Wildman–Crippen LogP) is 4.26. The molecule has 6 heteroatoms. The normalized spacial score (nSPS) is 10.7.